The van der Waals surface area contributed by atoms with Crippen LogP contribution >= 0.6 is 0 Å². The van der Waals surface area contributed by atoms with E-state index in [4.69, 9.17) is 0 Å². The number of hydrogen-bond donors (Lipinski definition) is 2. The summed E-state index contributed by atoms with van der Waals surface area (Å²) < 4.78 is 53.2. The Hall–Kier alpha value is -3.16. The molecule has 1 saturated heterocycles. The fourth-order valence-electron chi connectivity index (χ4n) is 5.31. The molecule has 1 unspecified atom stereocenters. The summed E-state index contributed by atoms with van der Waals surface area (Å²) in [5.41, 5.74) is 0.141. The van der Waals surface area contributed by atoms with Crippen LogP contribution in [0, 0.1) is 17.1 Å². The van der Waals surface area contributed by atoms with Crippen molar-refractivity contribution in [1.29, 1.82) is 5.26 Å². The standard InChI is InChI=1S/C27H30F4N4O2/c28-25-9-6-21(15-24(25)27(29,30)31)33-26(37)35(13-12-34-11-10-23(36)17-34)22-7-4-19(5-8-22)20-3-1-2-18(14-20)16-32/h1-3,6,9,14-15,19,22-23,36H,4-5,7-8,10-13,17H2,(H,33,37). The van der Waals surface area contributed by atoms with Gasteiger partial charge in [0.05, 0.1) is 23.3 Å². The first-order chi connectivity index (χ1) is 17.6. The molecule has 1 atom stereocenters. The number of anilines is 1. The molecule has 1 heterocycles. The first-order valence-corrected chi connectivity index (χ1v) is 12.5. The number of benzene rings is 2. The van der Waals surface area contributed by atoms with E-state index in [1.54, 1.807) is 11.0 Å². The van der Waals surface area contributed by atoms with Crippen molar-refractivity contribution < 1.29 is 27.5 Å². The number of nitrogens with one attached hydrogen (secondary N) is 1. The molecule has 2 aliphatic rings. The van der Waals surface area contributed by atoms with E-state index >= 15 is 0 Å². The van der Waals surface area contributed by atoms with Gasteiger partial charge in [-0.2, -0.15) is 18.4 Å². The van der Waals surface area contributed by atoms with Gasteiger partial charge < -0.3 is 15.3 Å². The summed E-state index contributed by atoms with van der Waals surface area (Å²) in [6.07, 6.45) is -1.59. The van der Waals surface area contributed by atoms with Crippen molar-refractivity contribution >= 4 is 11.7 Å². The van der Waals surface area contributed by atoms with Crippen LogP contribution in [0.4, 0.5) is 28.0 Å². The maximum Gasteiger partial charge on any atom is 0.419 e. The Balaban J connectivity index is 1.46. The van der Waals surface area contributed by atoms with E-state index in [1.807, 2.05) is 18.2 Å². The number of amides is 2. The van der Waals surface area contributed by atoms with Crippen molar-refractivity contribution in [2.75, 3.05) is 31.5 Å². The highest BCUT2D eigenvalue weighted by Crippen LogP contribution is 2.36. The zero-order chi connectivity index (χ0) is 26.6. The molecule has 4 rings (SSSR count). The summed E-state index contributed by atoms with van der Waals surface area (Å²) in [7, 11) is 0. The third-order valence-corrected chi connectivity index (χ3v) is 7.31. The zero-order valence-electron chi connectivity index (χ0n) is 20.3. The number of hydrogen-bond acceptors (Lipinski definition) is 4. The van der Waals surface area contributed by atoms with Crippen LogP contribution in [0.2, 0.25) is 0 Å². The van der Waals surface area contributed by atoms with Gasteiger partial charge in [0.1, 0.15) is 5.82 Å². The number of halogens is 4. The van der Waals surface area contributed by atoms with Crippen LogP contribution in [0.15, 0.2) is 42.5 Å². The van der Waals surface area contributed by atoms with Gasteiger partial charge in [-0.3, -0.25) is 4.90 Å². The molecule has 198 valence electrons. The maximum absolute atomic E-state index is 13.7. The molecule has 2 aromatic rings. The monoisotopic (exact) mass is 518 g/mol. The van der Waals surface area contributed by atoms with Crippen LogP contribution in [0.3, 0.4) is 0 Å². The highest BCUT2D eigenvalue weighted by molar-refractivity contribution is 5.89. The number of β-amino-alcohol motifs (C(OH)–C–C–N with tert-alkyl or cyclic N) is 1. The van der Waals surface area contributed by atoms with Gasteiger partial charge in [-0.05, 0) is 73.9 Å². The van der Waals surface area contributed by atoms with Crippen LogP contribution in [0.1, 0.15) is 54.7 Å². The maximum atomic E-state index is 13.7. The molecule has 1 aliphatic carbocycles. The lowest BCUT2D eigenvalue weighted by Crippen LogP contribution is -2.47. The van der Waals surface area contributed by atoms with Crippen molar-refractivity contribution in [2.45, 2.75) is 56.3 Å². The van der Waals surface area contributed by atoms with Crippen molar-refractivity contribution in [3.8, 4) is 6.07 Å². The molecule has 37 heavy (non-hydrogen) atoms. The summed E-state index contributed by atoms with van der Waals surface area (Å²) in [5.74, 6) is -1.14. The molecular formula is C27H30F4N4O2. The minimum atomic E-state index is -4.87. The second-order valence-corrected chi connectivity index (χ2v) is 9.80. The van der Waals surface area contributed by atoms with Gasteiger partial charge in [-0.15, -0.1) is 0 Å². The molecule has 2 amide bonds. The third kappa shape index (κ3) is 6.79. The summed E-state index contributed by atoms with van der Waals surface area (Å²) >= 11 is 0. The minimum absolute atomic E-state index is 0.120. The normalized spacial score (nSPS) is 22.4. The topological polar surface area (TPSA) is 79.6 Å². The lowest BCUT2D eigenvalue weighted by Gasteiger charge is -2.38. The average molecular weight is 519 g/mol. The quantitative estimate of drug-likeness (QED) is 0.506. The van der Waals surface area contributed by atoms with Crippen LogP contribution in [0.5, 0.6) is 0 Å². The van der Waals surface area contributed by atoms with E-state index in [0.717, 1.165) is 24.5 Å². The number of rotatable bonds is 6. The molecule has 0 radical (unpaired) electrons. The lowest BCUT2D eigenvalue weighted by atomic mass is 9.81. The number of aliphatic hydroxyl groups excluding tert-OH is 1. The number of alkyl halides is 3. The van der Waals surface area contributed by atoms with E-state index in [0.29, 0.717) is 63.1 Å². The minimum Gasteiger partial charge on any atom is -0.392 e. The zero-order valence-corrected chi connectivity index (χ0v) is 20.3. The number of aliphatic hydroxyl groups is 1. The Morgan fingerprint density at radius 3 is 2.54 bits per heavy atom. The van der Waals surface area contributed by atoms with Gasteiger partial charge in [0.25, 0.3) is 0 Å². The molecule has 6 nitrogen and oxygen atoms in total. The highest BCUT2D eigenvalue weighted by Gasteiger charge is 2.35. The molecule has 1 aliphatic heterocycles. The summed E-state index contributed by atoms with van der Waals surface area (Å²) in [4.78, 5) is 17.0. The Labute approximate surface area is 213 Å². The largest absolute Gasteiger partial charge is 0.419 e. The summed E-state index contributed by atoms with van der Waals surface area (Å²) in [6, 6.07) is 11.5. The van der Waals surface area contributed by atoms with Crippen molar-refractivity contribution in [3.63, 3.8) is 0 Å². The molecular weight excluding hydrogens is 488 g/mol. The van der Waals surface area contributed by atoms with Crippen LogP contribution in [0.25, 0.3) is 0 Å². The van der Waals surface area contributed by atoms with E-state index in [1.165, 1.54) is 0 Å². The number of carbonyl (C=O) groups is 1. The average Bonchev–Trinajstić information content (AvgIpc) is 3.30. The second-order valence-electron chi connectivity index (χ2n) is 9.80. The highest BCUT2D eigenvalue weighted by atomic mass is 19.4. The Morgan fingerprint density at radius 2 is 1.89 bits per heavy atom. The number of nitriles is 1. The van der Waals surface area contributed by atoms with E-state index in [9.17, 15) is 32.7 Å². The van der Waals surface area contributed by atoms with Crippen molar-refractivity contribution in [1.82, 2.24) is 9.80 Å². The number of likely N-dealkylation sites (tertiary alicyclic amines) is 1. The SMILES string of the molecule is N#Cc1cccc(C2CCC(N(CCN3CCC(O)C3)C(=O)Nc3ccc(F)c(C(F)(F)F)c3)CC2)c1. The Kier molecular flexibility index (Phi) is 8.35. The Morgan fingerprint density at radius 1 is 1.14 bits per heavy atom. The fourth-order valence-corrected chi connectivity index (χ4v) is 5.31. The second kappa shape index (κ2) is 11.5. The van der Waals surface area contributed by atoms with E-state index in [-0.39, 0.29) is 17.6 Å². The van der Waals surface area contributed by atoms with Crippen LogP contribution in [-0.4, -0.2) is 59.3 Å². The lowest BCUT2D eigenvalue weighted by molar-refractivity contribution is -0.139. The predicted octanol–water partition coefficient (Wildman–Crippen LogP) is 5.34. The van der Waals surface area contributed by atoms with Gasteiger partial charge in [0, 0.05) is 37.9 Å². The fraction of sp³-hybridized carbons (Fsp3) is 0.481. The van der Waals surface area contributed by atoms with Gasteiger partial charge in [0.2, 0.25) is 0 Å². The van der Waals surface area contributed by atoms with E-state index < -0.39 is 29.7 Å². The van der Waals surface area contributed by atoms with Crippen LogP contribution in [-0.2, 0) is 6.18 Å². The van der Waals surface area contributed by atoms with E-state index in [2.05, 4.69) is 16.3 Å². The van der Waals surface area contributed by atoms with Gasteiger partial charge >= 0.3 is 12.2 Å². The first kappa shape index (κ1) is 26.9. The van der Waals surface area contributed by atoms with Gasteiger partial charge in [-0.1, -0.05) is 12.1 Å². The molecule has 10 heteroatoms. The smallest absolute Gasteiger partial charge is 0.392 e. The molecule has 2 fully saturated rings. The van der Waals surface area contributed by atoms with Gasteiger partial charge in [0.15, 0.2) is 0 Å². The molecule has 1 saturated carbocycles. The van der Waals surface area contributed by atoms with Gasteiger partial charge in [-0.25, -0.2) is 9.18 Å². The predicted molar refractivity (Wildman–Crippen MR) is 130 cm³/mol. The number of carbonyl (C=O) groups excluding carboxylic acids is 1. The molecule has 0 spiro atoms. The van der Waals surface area contributed by atoms with Crippen molar-refractivity contribution in [2.24, 2.45) is 0 Å². The molecule has 0 bridgehead atoms. The summed E-state index contributed by atoms with van der Waals surface area (Å²) in [5, 5.41) is 21.6. The third-order valence-electron chi connectivity index (χ3n) is 7.31. The molecule has 2 N–H and O–H groups in total. The van der Waals surface area contributed by atoms with Crippen LogP contribution < -0.4 is 5.32 Å². The number of nitrogens with zero attached hydrogens (tertiary/aromatic N) is 3. The number of urea groups is 1. The Bertz CT molecular complexity index is 1140. The first-order valence-electron chi connectivity index (χ1n) is 12.5. The molecule has 0 aromatic heterocycles. The molecule has 2 aromatic carbocycles. The summed E-state index contributed by atoms with van der Waals surface area (Å²) in [6.45, 7) is 2.12. The van der Waals surface area contributed by atoms with Crippen molar-refractivity contribution in [3.05, 3.63) is 65.0 Å².